The van der Waals surface area contributed by atoms with Crippen LogP contribution in [-0.2, 0) is 16.3 Å². The zero-order valence-corrected chi connectivity index (χ0v) is 22.9. The fraction of sp³-hybridized carbons (Fsp3) is 0.233. The van der Waals surface area contributed by atoms with Crippen LogP contribution in [0.15, 0.2) is 81.6 Å². The molecule has 0 spiro atoms. The zero-order chi connectivity index (χ0) is 28.9. The number of nitriles is 2. The van der Waals surface area contributed by atoms with E-state index in [9.17, 15) is 28.8 Å². The van der Waals surface area contributed by atoms with Gasteiger partial charge in [0, 0.05) is 23.7 Å². The Hall–Kier alpha value is -4.80. The van der Waals surface area contributed by atoms with E-state index >= 15 is 0 Å². The van der Waals surface area contributed by atoms with E-state index < -0.39 is 37.2 Å². The second-order valence-corrected chi connectivity index (χ2v) is 11.0. The predicted molar refractivity (Wildman–Crippen MR) is 148 cm³/mol. The second-order valence-electron chi connectivity index (χ2n) is 9.17. The number of aromatic hydroxyl groups is 1. The Morgan fingerprint density at radius 1 is 1.02 bits per heavy atom. The van der Waals surface area contributed by atoms with Crippen LogP contribution in [0, 0.1) is 22.7 Å². The van der Waals surface area contributed by atoms with Crippen LogP contribution in [0.25, 0.3) is 11.1 Å². The Balaban J connectivity index is 1.88. The number of pyridine rings is 1. The van der Waals surface area contributed by atoms with E-state index in [1.807, 2.05) is 13.8 Å². The summed E-state index contributed by atoms with van der Waals surface area (Å²) >= 11 is 0. The lowest BCUT2D eigenvalue weighted by molar-refractivity contribution is 0.406. The van der Waals surface area contributed by atoms with Crippen molar-refractivity contribution in [2.24, 2.45) is 0 Å². The van der Waals surface area contributed by atoms with Crippen LogP contribution in [0.4, 0.5) is 0 Å². The molecule has 0 aliphatic carbocycles. The Bertz CT molecular complexity index is 1800. The highest BCUT2D eigenvalue weighted by atomic mass is 32.2. The van der Waals surface area contributed by atoms with Crippen molar-refractivity contribution in [2.75, 3.05) is 0 Å². The summed E-state index contributed by atoms with van der Waals surface area (Å²) in [5.74, 6) is -0.623. The van der Waals surface area contributed by atoms with Gasteiger partial charge in [0.1, 0.15) is 5.82 Å². The minimum atomic E-state index is -4.59. The molecule has 2 heterocycles. The first kappa shape index (κ1) is 28.2. The van der Waals surface area contributed by atoms with Gasteiger partial charge < -0.3 is 5.11 Å². The number of hydrogen-bond acceptors (Lipinski definition) is 8. The molecule has 40 heavy (non-hydrogen) atoms. The van der Waals surface area contributed by atoms with Gasteiger partial charge >= 0.3 is 0 Å². The van der Waals surface area contributed by atoms with Crippen LogP contribution in [-0.4, -0.2) is 28.1 Å². The molecule has 0 saturated heterocycles. The molecule has 9 nitrogen and oxygen atoms in total. The number of benzene rings is 2. The minimum absolute atomic E-state index is 0.258. The van der Waals surface area contributed by atoms with Crippen LogP contribution in [0.1, 0.15) is 61.7 Å². The molecule has 1 atom stereocenters. The number of rotatable bonds is 9. The van der Waals surface area contributed by atoms with Crippen LogP contribution in [0.2, 0.25) is 0 Å². The van der Waals surface area contributed by atoms with E-state index in [0.29, 0.717) is 47.1 Å². The fourth-order valence-electron chi connectivity index (χ4n) is 4.64. The van der Waals surface area contributed by atoms with Gasteiger partial charge in [0.05, 0.1) is 29.3 Å². The lowest BCUT2D eigenvalue weighted by atomic mass is 10.0. The Kier molecular flexibility index (Phi) is 8.42. The summed E-state index contributed by atoms with van der Waals surface area (Å²) in [5, 5.41) is 29.1. The highest BCUT2D eigenvalue weighted by Crippen LogP contribution is 2.30. The highest BCUT2D eigenvalue weighted by Gasteiger charge is 2.32. The Morgan fingerprint density at radius 2 is 1.80 bits per heavy atom. The molecular formula is C30H27N5O4S. The van der Waals surface area contributed by atoms with E-state index in [0.717, 1.165) is 6.42 Å². The topological polar surface area (TPSA) is 150 Å². The molecule has 202 valence electrons. The fourth-order valence-corrected chi connectivity index (χ4v) is 5.90. The Morgan fingerprint density at radius 3 is 2.45 bits per heavy atom. The normalized spacial score (nSPS) is 11.9. The van der Waals surface area contributed by atoms with Gasteiger partial charge in [-0.2, -0.15) is 15.5 Å². The molecular weight excluding hydrogens is 526 g/mol. The first-order valence-electron chi connectivity index (χ1n) is 12.8. The maximum Gasteiger partial charge on any atom is 0.277 e. The molecule has 0 unspecified atom stereocenters. The lowest BCUT2D eigenvalue weighted by Crippen LogP contribution is -2.33. The van der Waals surface area contributed by atoms with Crippen molar-refractivity contribution >= 4 is 9.84 Å². The molecule has 0 aliphatic heterocycles. The number of hydrogen-bond donors (Lipinski definition) is 1. The first-order chi connectivity index (χ1) is 19.3. The van der Waals surface area contributed by atoms with Crippen LogP contribution in [0.5, 0.6) is 5.88 Å². The predicted octanol–water partition coefficient (Wildman–Crippen LogP) is 4.93. The number of sulfone groups is 1. The number of aromatic nitrogens is 3. The van der Waals surface area contributed by atoms with Gasteiger partial charge in [0.2, 0.25) is 20.6 Å². The van der Waals surface area contributed by atoms with Gasteiger partial charge in [-0.05, 0) is 48.7 Å². The molecule has 0 radical (unpaired) electrons. The quantitative estimate of drug-likeness (QED) is 0.307. The summed E-state index contributed by atoms with van der Waals surface area (Å²) in [6, 6.07) is 19.9. The van der Waals surface area contributed by atoms with Crippen molar-refractivity contribution in [3.8, 4) is 29.1 Å². The molecule has 0 aliphatic rings. The number of aryl methyl sites for hydroxylation is 1. The van der Waals surface area contributed by atoms with Crippen molar-refractivity contribution in [3.05, 3.63) is 99.7 Å². The number of nitrogens with zero attached hydrogens (tertiary/aromatic N) is 5. The summed E-state index contributed by atoms with van der Waals surface area (Å²) in [6.45, 7) is 3.82. The minimum Gasteiger partial charge on any atom is -0.492 e. The van der Waals surface area contributed by atoms with Crippen molar-refractivity contribution < 1.29 is 13.5 Å². The molecule has 0 saturated carbocycles. The third-order valence-corrected chi connectivity index (χ3v) is 8.31. The van der Waals surface area contributed by atoms with E-state index in [1.165, 1.54) is 22.9 Å². The van der Waals surface area contributed by atoms with Gasteiger partial charge in [-0.25, -0.2) is 13.4 Å². The molecule has 1 N–H and O–H groups in total. The van der Waals surface area contributed by atoms with E-state index in [1.54, 1.807) is 48.5 Å². The molecule has 4 rings (SSSR count). The first-order valence-corrected chi connectivity index (χ1v) is 14.3. The molecule has 0 bridgehead atoms. The van der Waals surface area contributed by atoms with Gasteiger partial charge in [-0.3, -0.25) is 9.36 Å². The van der Waals surface area contributed by atoms with Crippen LogP contribution < -0.4 is 5.56 Å². The smallest absolute Gasteiger partial charge is 0.277 e. The monoisotopic (exact) mass is 553 g/mol. The van der Waals surface area contributed by atoms with Crippen LogP contribution in [0.3, 0.4) is 0 Å². The maximum absolute atomic E-state index is 13.9. The molecule has 0 amide bonds. The Labute approximate surface area is 232 Å². The number of unbranched alkanes of at least 4 members (excludes halogenated alkanes) is 1. The SMILES string of the molecule is CCCCc1nc(O)c(S(=O)(=O)c2ccc(-c3ccccc3C#N)cn2)c(=O)n1[C@@H](CC)c1cccc(C#N)c1. The second kappa shape index (κ2) is 11.9. The van der Waals surface area contributed by atoms with Crippen molar-refractivity contribution in [3.63, 3.8) is 0 Å². The van der Waals surface area contributed by atoms with E-state index in [4.69, 9.17) is 0 Å². The van der Waals surface area contributed by atoms with Crippen LogP contribution >= 0.6 is 0 Å². The molecule has 2 aromatic carbocycles. The van der Waals surface area contributed by atoms with Gasteiger partial charge in [-0.15, -0.1) is 0 Å². The summed E-state index contributed by atoms with van der Waals surface area (Å²) in [4.78, 5) is 21.4. The largest absolute Gasteiger partial charge is 0.492 e. The van der Waals surface area contributed by atoms with Gasteiger partial charge in [0.15, 0.2) is 5.03 Å². The summed E-state index contributed by atoms with van der Waals surface area (Å²) in [7, 11) is -4.59. The van der Waals surface area contributed by atoms with E-state index in [-0.39, 0.29) is 5.82 Å². The molecule has 2 aromatic heterocycles. The van der Waals surface area contributed by atoms with Gasteiger partial charge in [0.25, 0.3) is 5.56 Å². The summed E-state index contributed by atoms with van der Waals surface area (Å²) in [5.41, 5.74) is 1.65. The van der Waals surface area contributed by atoms with E-state index in [2.05, 4.69) is 22.1 Å². The maximum atomic E-state index is 13.9. The third kappa shape index (κ3) is 5.35. The standard InChI is InChI=1S/C30H27N5O4S/c1-3-5-13-26-34-29(36)28(30(37)35(26)25(4-2)21-11-8-9-20(16-21)17-31)40(38,39)27-15-14-23(19-33-27)24-12-7-6-10-22(24)18-32/h6-12,14-16,19,25,36H,3-5,13H2,1-2H3/t25-/m0/s1. The summed E-state index contributed by atoms with van der Waals surface area (Å²) in [6.07, 6.45) is 3.52. The lowest BCUT2D eigenvalue weighted by Gasteiger charge is -2.23. The molecule has 10 heteroatoms. The van der Waals surface area contributed by atoms with Crippen molar-refractivity contribution in [1.29, 1.82) is 10.5 Å². The third-order valence-electron chi connectivity index (χ3n) is 6.62. The van der Waals surface area contributed by atoms with Gasteiger partial charge in [-0.1, -0.05) is 50.6 Å². The van der Waals surface area contributed by atoms with Crippen molar-refractivity contribution in [1.82, 2.24) is 14.5 Å². The highest BCUT2D eigenvalue weighted by molar-refractivity contribution is 7.91. The molecule has 4 aromatic rings. The average molecular weight is 554 g/mol. The zero-order valence-electron chi connectivity index (χ0n) is 22.1. The molecule has 0 fully saturated rings. The average Bonchev–Trinajstić information content (AvgIpc) is 2.97. The van der Waals surface area contributed by atoms with Crippen molar-refractivity contribution in [2.45, 2.75) is 55.5 Å². The summed E-state index contributed by atoms with van der Waals surface area (Å²) < 4.78 is 28.7.